The molecule has 6 heteroatoms. The van der Waals surface area contributed by atoms with Gasteiger partial charge in [0.1, 0.15) is 5.75 Å². The summed E-state index contributed by atoms with van der Waals surface area (Å²) in [6.45, 7) is 6.65. The Balaban J connectivity index is 2.14. The van der Waals surface area contributed by atoms with Crippen LogP contribution in [-0.2, 0) is 0 Å². The summed E-state index contributed by atoms with van der Waals surface area (Å²) in [5.41, 5.74) is 2.19. The fourth-order valence-corrected chi connectivity index (χ4v) is 2.66. The number of amides is 2. The van der Waals surface area contributed by atoms with E-state index < -0.39 is 0 Å². The molecule has 2 amide bonds. The maximum atomic E-state index is 12.6. The summed E-state index contributed by atoms with van der Waals surface area (Å²) in [5.74, 6) is 0.471. The van der Waals surface area contributed by atoms with Gasteiger partial charge in [-0.25, -0.2) is 0 Å². The number of halogens is 1. The molecular formula is C21H25ClN2O3. The van der Waals surface area contributed by atoms with Crippen LogP contribution in [0.4, 0.5) is 5.69 Å². The third-order valence-corrected chi connectivity index (χ3v) is 4.53. The van der Waals surface area contributed by atoms with Crippen LogP contribution in [0.3, 0.4) is 0 Å². The van der Waals surface area contributed by atoms with E-state index in [1.807, 2.05) is 6.92 Å². The third-order valence-electron chi connectivity index (χ3n) is 4.12. The fraction of sp³-hybridized carbons (Fsp3) is 0.333. The molecule has 0 atom stereocenters. The smallest absolute Gasteiger partial charge is 0.255 e. The zero-order valence-electron chi connectivity index (χ0n) is 16.1. The van der Waals surface area contributed by atoms with Gasteiger partial charge in [-0.15, -0.1) is 0 Å². The lowest BCUT2D eigenvalue weighted by Gasteiger charge is -2.13. The Kier molecular flexibility index (Phi) is 7.25. The summed E-state index contributed by atoms with van der Waals surface area (Å²) in [4.78, 5) is 24.9. The second-order valence-corrected chi connectivity index (χ2v) is 7.18. The van der Waals surface area contributed by atoms with Crippen molar-refractivity contribution < 1.29 is 14.3 Å². The first kappa shape index (κ1) is 20.8. The molecule has 0 spiro atoms. The Hall–Kier alpha value is -2.53. The Morgan fingerprint density at radius 2 is 1.78 bits per heavy atom. The van der Waals surface area contributed by atoms with Crippen molar-refractivity contribution in [2.45, 2.75) is 27.2 Å². The van der Waals surface area contributed by atoms with Gasteiger partial charge in [0.05, 0.1) is 12.8 Å². The Labute approximate surface area is 165 Å². The van der Waals surface area contributed by atoms with Gasteiger partial charge in [-0.05, 0) is 49.1 Å². The first-order chi connectivity index (χ1) is 12.8. The van der Waals surface area contributed by atoms with Crippen LogP contribution in [0.1, 0.15) is 46.5 Å². The highest BCUT2D eigenvalue weighted by Crippen LogP contribution is 2.31. The molecule has 0 bridgehead atoms. The second kappa shape index (κ2) is 9.42. The van der Waals surface area contributed by atoms with E-state index in [2.05, 4.69) is 24.5 Å². The zero-order chi connectivity index (χ0) is 20.0. The molecule has 27 heavy (non-hydrogen) atoms. The lowest BCUT2D eigenvalue weighted by molar-refractivity contribution is 0.0952. The molecule has 0 aliphatic carbocycles. The molecule has 0 saturated carbocycles. The van der Waals surface area contributed by atoms with Crippen LogP contribution in [0.5, 0.6) is 5.75 Å². The SMILES string of the molecule is COc1cc(Cl)c(C)cc1NC(=O)c1cccc(C(=O)NCCC(C)C)c1. The summed E-state index contributed by atoms with van der Waals surface area (Å²) in [5, 5.41) is 6.25. The van der Waals surface area contributed by atoms with Crippen molar-refractivity contribution in [2.75, 3.05) is 19.0 Å². The molecule has 2 aromatic rings. The third kappa shape index (κ3) is 5.73. The van der Waals surface area contributed by atoms with Gasteiger partial charge >= 0.3 is 0 Å². The van der Waals surface area contributed by atoms with Crippen LogP contribution < -0.4 is 15.4 Å². The standard InChI is InChI=1S/C21H25ClN2O3/c1-13(2)8-9-23-20(25)15-6-5-7-16(11-15)21(26)24-18-10-14(3)17(22)12-19(18)27-4/h5-7,10-13H,8-9H2,1-4H3,(H,23,25)(H,24,26). The lowest BCUT2D eigenvalue weighted by atomic mass is 10.1. The first-order valence-corrected chi connectivity index (χ1v) is 9.23. The number of hydrogen-bond acceptors (Lipinski definition) is 3. The van der Waals surface area contributed by atoms with Crippen molar-refractivity contribution in [1.82, 2.24) is 5.32 Å². The quantitative estimate of drug-likeness (QED) is 0.723. The number of rotatable bonds is 7. The molecule has 2 rings (SSSR count). The minimum absolute atomic E-state index is 0.190. The normalized spacial score (nSPS) is 10.6. The maximum absolute atomic E-state index is 12.6. The molecule has 2 aromatic carbocycles. The van der Waals surface area contributed by atoms with Crippen molar-refractivity contribution in [3.63, 3.8) is 0 Å². The Morgan fingerprint density at radius 3 is 2.41 bits per heavy atom. The maximum Gasteiger partial charge on any atom is 0.255 e. The van der Waals surface area contributed by atoms with Crippen molar-refractivity contribution in [2.24, 2.45) is 5.92 Å². The van der Waals surface area contributed by atoms with Crippen LogP contribution in [0.2, 0.25) is 5.02 Å². The van der Waals surface area contributed by atoms with Gasteiger partial charge in [-0.3, -0.25) is 9.59 Å². The van der Waals surface area contributed by atoms with Gasteiger partial charge in [-0.1, -0.05) is 31.5 Å². The zero-order valence-corrected chi connectivity index (χ0v) is 16.8. The van der Waals surface area contributed by atoms with E-state index in [0.717, 1.165) is 12.0 Å². The molecule has 0 fully saturated rings. The van der Waals surface area contributed by atoms with Crippen LogP contribution in [-0.4, -0.2) is 25.5 Å². The van der Waals surface area contributed by atoms with Crippen molar-refractivity contribution in [3.05, 3.63) is 58.1 Å². The van der Waals surface area contributed by atoms with Crippen LogP contribution in [0.15, 0.2) is 36.4 Å². The largest absolute Gasteiger partial charge is 0.495 e. The molecule has 0 saturated heterocycles. The number of anilines is 1. The summed E-state index contributed by atoms with van der Waals surface area (Å²) in [6.07, 6.45) is 0.904. The molecule has 5 nitrogen and oxygen atoms in total. The molecule has 2 N–H and O–H groups in total. The topological polar surface area (TPSA) is 67.4 Å². The van der Waals surface area contributed by atoms with E-state index >= 15 is 0 Å². The minimum atomic E-state index is -0.327. The van der Waals surface area contributed by atoms with Gasteiger partial charge in [0.25, 0.3) is 11.8 Å². The number of methoxy groups -OCH3 is 1. The second-order valence-electron chi connectivity index (χ2n) is 6.78. The molecule has 0 aliphatic rings. The monoisotopic (exact) mass is 388 g/mol. The van der Waals surface area contributed by atoms with E-state index in [-0.39, 0.29) is 11.8 Å². The average Bonchev–Trinajstić information content (AvgIpc) is 2.64. The van der Waals surface area contributed by atoms with Crippen molar-refractivity contribution in [3.8, 4) is 5.75 Å². The van der Waals surface area contributed by atoms with Crippen LogP contribution in [0.25, 0.3) is 0 Å². The summed E-state index contributed by atoms with van der Waals surface area (Å²) in [6, 6.07) is 10.0. The number of carbonyl (C=O) groups is 2. The van der Waals surface area contributed by atoms with E-state index in [1.165, 1.54) is 7.11 Å². The molecule has 0 radical (unpaired) electrons. The van der Waals surface area contributed by atoms with E-state index in [0.29, 0.717) is 40.0 Å². The Morgan fingerprint density at radius 1 is 1.11 bits per heavy atom. The molecule has 0 heterocycles. The van der Waals surface area contributed by atoms with Crippen LogP contribution >= 0.6 is 11.6 Å². The fourth-order valence-electron chi connectivity index (χ4n) is 2.50. The number of benzene rings is 2. The van der Waals surface area contributed by atoms with E-state index in [1.54, 1.807) is 36.4 Å². The number of ether oxygens (including phenoxy) is 1. The molecule has 0 aliphatic heterocycles. The molecule has 144 valence electrons. The van der Waals surface area contributed by atoms with Crippen molar-refractivity contribution in [1.29, 1.82) is 0 Å². The molecule has 0 aromatic heterocycles. The van der Waals surface area contributed by atoms with Gasteiger partial charge in [0, 0.05) is 28.8 Å². The average molecular weight is 389 g/mol. The number of aryl methyl sites for hydroxylation is 1. The van der Waals surface area contributed by atoms with Crippen LogP contribution in [0, 0.1) is 12.8 Å². The minimum Gasteiger partial charge on any atom is -0.495 e. The van der Waals surface area contributed by atoms with Gasteiger partial charge in [0.15, 0.2) is 0 Å². The van der Waals surface area contributed by atoms with Crippen molar-refractivity contribution >= 4 is 29.1 Å². The predicted octanol–water partition coefficient (Wildman–Crippen LogP) is 4.69. The summed E-state index contributed by atoms with van der Waals surface area (Å²) in [7, 11) is 1.51. The van der Waals surface area contributed by atoms with E-state index in [9.17, 15) is 9.59 Å². The predicted molar refractivity (Wildman–Crippen MR) is 109 cm³/mol. The Bertz CT molecular complexity index is 834. The molecule has 0 unspecified atom stereocenters. The lowest BCUT2D eigenvalue weighted by Crippen LogP contribution is -2.25. The number of hydrogen-bond donors (Lipinski definition) is 2. The van der Waals surface area contributed by atoms with Gasteiger partial charge in [-0.2, -0.15) is 0 Å². The first-order valence-electron chi connectivity index (χ1n) is 8.85. The number of carbonyl (C=O) groups excluding carboxylic acids is 2. The summed E-state index contributed by atoms with van der Waals surface area (Å²) >= 11 is 6.10. The highest BCUT2D eigenvalue weighted by atomic mass is 35.5. The highest BCUT2D eigenvalue weighted by molar-refractivity contribution is 6.31. The highest BCUT2D eigenvalue weighted by Gasteiger charge is 2.14. The van der Waals surface area contributed by atoms with Gasteiger partial charge < -0.3 is 15.4 Å². The summed E-state index contributed by atoms with van der Waals surface area (Å²) < 4.78 is 5.28. The number of nitrogens with one attached hydrogen (secondary N) is 2. The van der Waals surface area contributed by atoms with E-state index in [4.69, 9.17) is 16.3 Å². The van der Waals surface area contributed by atoms with Gasteiger partial charge in [0.2, 0.25) is 0 Å². The molecular weight excluding hydrogens is 364 g/mol.